The molecule has 0 saturated carbocycles. The van der Waals surface area contributed by atoms with Gasteiger partial charge in [-0.1, -0.05) is 6.92 Å². The molecular formula is C16H26BrIN4O2. The van der Waals surface area contributed by atoms with Gasteiger partial charge in [-0.3, -0.25) is 9.79 Å². The number of aliphatic imine (C=N–C) groups is 1. The summed E-state index contributed by atoms with van der Waals surface area (Å²) in [7, 11) is 0. The van der Waals surface area contributed by atoms with Crippen LogP contribution in [0.25, 0.3) is 0 Å². The topological polar surface area (TPSA) is 69.9 Å². The van der Waals surface area contributed by atoms with E-state index in [4.69, 9.17) is 4.42 Å². The second-order valence-electron chi connectivity index (χ2n) is 5.54. The largest absolute Gasteiger partial charge is 0.454 e. The maximum absolute atomic E-state index is 11.7. The first kappa shape index (κ1) is 21.3. The molecule has 1 unspecified atom stereocenters. The summed E-state index contributed by atoms with van der Waals surface area (Å²) in [6.45, 7) is 6.98. The molecule has 1 aromatic rings. The van der Waals surface area contributed by atoms with Crippen LogP contribution in [0.4, 0.5) is 0 Å². The average Bonchev–Trinajstić information content (AvgIpc) is 3.16. The number of nitrogens with one attached hydrogen (secondary N) is 2. The highest BCUT2D eigenvalue weighted by Gasteiger charge is 2.25. The third-order valence-electron chi connectivity index (χ3n) is 3.79. The predicted molar refractivity (Wildman–Crippen MR) is 110 cm³/mol. The minimum atomic E-state index is 0. The van der Waals surface area contributed by atoms with E-state index in [1.54, 1.807) is 0 Å². The number of hydrogen-bond donors (Lipinski definition) is 2. The summed E-state index contributed by atoms with van der Waals surface area (Å²) in [5.74, 6) is 1.94. The molecule has 1 amide bonds. The number of nitrogens with zero attached hydrogens (tertiary/aromatic N) is 2. The molecule has 6 nitrogen and oxygen atoms in total. The molecule has 1 aliphatic heterocycles. The second kappa shape index (κ2) is 11.0. The molecule has 8 heteroatoms. The van der Waals surface area contributed by atoms with E-state index in [1.807, 2.05) is 30.9 Å². The van der Waals surface area contributed by atoms with Crippen LogP contribution in [0, 0.1) is 0 Å². The van der Waals surface area contributed by atoms with E-state index in [0.29, 0.717) is 13.0 Å². The van der Waals surface area contributed by atoms with Crippen LogP contribution >= 0.6 is 39.9 Å². The number of halogens is 2. The molecule has 0 spiro atoms. The Kier molecular flexibility index (Phi) is 9.72. The maximum Gasteiger partial charge on any atom is 0.222 e. The first-order valence-electron chi connectivity index (χ1n) is 8.19. The molecule has 24 heavy (non-hydrogen) atoms. The number of furan rings is 1. The van der Waals surface area contributed by atoms with Crippen molar-refractivity contribution in [3.8, 4) is 0 Å². The molecule has 2 heterocycles. The summed E-state index contributed by atoms with van der Waals surface area (Å²) in [6.07, 6.45) is 2.29. The summed E-state index contributed by atoms with van der Waals surface area (Å²) in [6, 6.07) is 4.10. The molecule has 0 aromatic carbocycles. The van der Waals surface area contributed by atoms with E-state index < -0.39 is 0 Å². The first-order chi connectivity index (χ1) is 11.1. The number of carbonyl (C=O) groups is 1. The minimum absolute atomic E-state index is 0. The number of rotatable bonds is 6. The molecule has 1 atom stereocenters. The van der Waals surface area contributed by atoms with E-state index in [0.717, 1.165) is 48.9 Å². The fourth-order valence-electron chi connectivity index (χ4n) is 2.61. The van der Waals surface area contributed by atoms with Crippen molar-refractivity contribution in [2.24, 2.45) is 4.99 Å². The minimum Gasteiger partial charge on any atom is -0.454 e. The molecule has 1 saturated heterocycles. The van der Waals surface area contributed by atoms with Gasteiger partial charge in [-0.2, -0.15) is 0 Å². The molecular weight excluding hydrogens is 487 g/mol. The Hall–Kier alpha value is -0.770. The fraction of sp³-hybridized carbons (Fsp3) is 0.625. The highest BCUT2D eigenvalue weighted by molar-refractivity contribution is 14.0. The van der Waals surface area contributed by atoms with Crippen molar-refractivity contribution < 1.29 is 9.21 Å². The van der Waals surface area contributed by atoms with Crippen LogP contribution in [0.3, 0.4) is 0 Å². The normalized spacial score (nSPS) is 17.5. The molecule has 1 aliphatic rings. The molecule has 136 valence electrons. The zero-order valence-electron chi connectivity index (χ0n) is 14.2. The number of likely N-dealkylation sites (tertiary alicyclic amines) is 1. The third-order valence-corrected chi connectivity index (χ3v) is 4.21. The monoisotopic (exact) mass is 512 g/mol. The second-order valence-corrected chi connectivity index (χ2v) is 6.32. The van der Waals surface area contributed by atoms with Crippen LogP contribution in [0.2, 0.25) is 0 Å². The molecule has 0 aliphatic carbocycles. The lowest BCUT2D eigenvalue weighted by atomic mass is 10.3. The highest BCUT2D eigenvalue weighted by atomic mass is 127. The number of guanidine groups is 1. The van der Waals surface area contributed by atoms with Crippen LogP contribution < -0.4 is 10.6 Å². The summed E-state index contributed by atoms with van der Waals surface area (Å²) in [5, 5.41) is 6.68. The zero-order chi connectivity index (χ0) is 16.7. The van der Waals surface area contributed by atoms with Gasteiger partial charge < -0.3 is 20.0 Å². The van der Waals surface area contributed by atoms with Crippen LogP contribution in [0.15, 0.2) is 26.2 Å². The summed E-state index contributed by atoms with van der Waals surface area (Å²) in [4.78, 5) is 18.2. The van der Waals surface area contributed by atoms with Gasteiger partial charge in [0.1, 0.15) is 5.76 Å². The average molecular weight is 513 g/mol. The van der Waals surface area contributed by atoms with E-state index >= 15 is 0 Å². The Morgan fingerprint density at radius 3 is 2.88 bits per heavy atom. The van der Waals surface area contributed by atoms with Gasteiger partial charge in [0.15, 0.2) is 10.6 Å². The highest BCUT2D eigenvalue weighted by Crippen LogP contribution is 2.14. The van der Waals surface area contributed by atoms with E-state index in [-0.39, 0.29) is 35.9 Å². The van der Waals surface area contributed by atoms with Crippen LogP contribution in [-0.2, 0) is 11.2 Å². The standard InChI is InChI=1S/C16H25BrN4O2.HI/c1-3-15(22)21-10-8-12(11-21)20-16(18-4-2)19-9-7-13-5-6-14(17)23-13;/h5-6,12H,3-4,7-11H2,1-2H3,(H2,18,19,20);1H. The quantitative estimate of drug-likeness (QED) is 0.349. The Morgan fingerprint density at radius 1 is 1.46 bits per heavy atom. The lowest BCUT2D eigenvalue weighted by Crippen LogP contribution is -2.45. The smallest absolute Gasteiger partial charge is 0.222 e. The van der Waals surface area contributed by atoms with Crippen molar-refractivity contribution in [2.45, 2.75) is 39.2 Å². The number of carbonyl (C=O) groups excluding carboxylic acids is 1. The summed E-state index contributed by atoms with van der Waals surface area (Å²) < 4.78 is 6.22. The van der Waals surface area contributed by atoms with E-state index in [2.05, 4.69) is 31.6 Å². The molecule has 1 fully saturated rings. The summed E-state index contributed by atoms with van der Waals surface area (Å²) >= 11 is 3.30. The van der Waals surface area contributed by atoms with Gasteiger partial charge in [0, 0.05) is 45.1 Å². The first-order valence-corrected chi connectivity index (χ1v) is 8.98. The van der Waals surface area contributed by atoms with Crippen LogP contribution in [-0.4, -0.2) is 49.0 Å². The van der Waals surface area contributed by atoms with E-state index in [1.165, 1.54) is 0 Å². The molecule has 2 rings (SSSR count). The zero-order valence-corrected chi connectivity index (χ0v) is 18.1. The van der Waals surface area contributed by atoms with Gasteiger partial charge in [-0.15, -0.1) is 24.0 Å². The Bertz CT molecular complexity index is 550. The van der Waals surface area contributed by atoms with Crippen LogP contribution in [0.1, 0.15) is 32.4 Å². The Labute approximate surface area is 169 Å². The van der Waals surface area contributed by atoms with Gasteiger partial charge in [-0.05, 0) is 41.4 Å². The van der Waals surface area contributed by atoms with Crippen molar-refractivity contribution in [3.63, 3.8) is 0 Å². The number of amides is 1. The van der Waals surface area contributed by atoms with E-state index in [9.17, 15) is 4.79 Å². The van der Waals surface area contributed by atoms with Crippen molar-refractivity contribution in [1.82, 2.24) is 15.5 Å². The van der Waals surface area contributed by atoms with Gasteiger partial charge in [0.2, 0.25) is 5.91 Å². The fourth-order valence-corrected chi connectivity index (χ4v) is 2.95. The van der Waals surface area contributed by atoms with Gasteiger partial charge in [-0.25, -0.2) is 0 Å². The third kappa shape index (κ3) is 6.62. The maximum atomic E-state index is 11.7. The predicted octanol–water partition coefficient (Wildman–Crippen LogP) is 2.77. The van der Waals surface area contributed by atoms with Crippen molar-refractivity contribution in [2.75, 3.05) is 26.2 Å². The van der Waals surface area contributed by atoms with Crippen molar-refractivity contribution >= 4 is 51.8 Å². The van der Waals surface area contributed by atoms with Crippen LogP contribution in [0.5, 0.6) is 0 Å². The molecule has 0 radical (unpaired) electrons. The van der Waals surface area contributed by atoms with Gasteiger partial charge >= 0.3 is 0 Å². The van der Waals surface area contributed by atoms with Crippen molar-refractivity contribution in [1.29, 1.82) is 0 Å². The lowest BCUT2D eigenvalue weighted by Gasteiger charge is -2.18. The Balaban J connectivity index is 0.00000288. The van der Waals surface area contributed by atoms with Crippen molar-refractivity contribution in [3.05, 3.63) is 22.6 Å². The van der Waals surface area contributed by atoms with Gasteiger partial charge in [0.05, 0.1) is 0 Å². The summed E-state index contributed by atoms with van der Waals surface area (Å²) in [5.41, 5.74) is 0. The lowest BCUT2D eigenvalue weighted by molar-refractivity contribution is -0.129. The molecule has 0 bridgehead atoms. The molecule has 2 N–H and O–H groups in total. The number of hydrogen-bond acceptors (Lipinski definition) is 3. The van der Waals surface area contributed by atoms with Gasteiger partial charge in [0.25, 0.3) is 0 Å². The Morgan fingerprint density at radius 2 is 2.25 bits per heavy atom. The molecule has 1 aromatic heterocycles. The SMILES string of the molecule is CCNC(=NCCc1ccc(Br)o1)NC1CCN(C(=O)CC)C1.I.